The van der Waals surface area contributed by atoms with E-state index in [9.17, 15) is 14.6 Å². The van der Waals surface area contributed by atoms with E-state index in [-0.39, 0.29) is 28.9 Å². The number of rotatable bonds is 10. The molecule has 2 aromatic heterocycles. The van der Waals surface area contributed by atoms with Gasteiger partial charge in [0.2, 0.25) is 11.8 Å². The van der Waals surface area contributed by atoms with Crippen LogP contribution < -0.4 is 9.47 Å². The van der Waals surface area contributed by atoms with Crippen LogP contribution in [-0.2, 0) is 6.42 Å². The van der Waals surface area contributed by atoms with Crippen molar-refractivity contribution in [2.45, 2.75) is 32.2 Å². The molecular formula is C28H31FN4O5. The van der Waals surface area contributed by atoms with Crippen LogP contribution in [0.5, 0.6) is 23.1 Å². The van der Waals surface area contributed by atoms with E-state index < -0.39 is 11.9 Å². The summed E-state index contributed by atoms with van der Waals surface area (Å²) in [6, 6.07) is 10.8. The largest absolute Gasteiger partial charge is 0.506 e. The zero-order valence-electron chi connectivity index (χ0n) is 22.0. The van der Waals surface area contributed by atoms with Gasteiger partial charge < -0.3 is 24.1 Å². The fourth-order valence-electron chi connectivity index (χ4n) is 4.44. The molecule has 0 aliphatic rings. The van der Waals surface area contributed by atoms with Crippen molar-refractivity contribution in [1.29, 1.82) is 0 Å². The molecule has 2 aromatic carbocycles. The molecule has 1 atom stereocenters. The Morgan fingerprint density at radius 1 is 0.947 bits per heavy atom. The lowest BCUT2D eigenvalue weighted by atomic mass is 9.95. The molecule has 0 saturated heterocycles. The first-order chi connectivity index (χ1) is 18.3. The van der Waals surface area contributed by atoms with E-state index in [1.165, 1.54) is 26.4 Å². The van der Waals surface area contributed by atoms with Crippen LogP contribution in [0.1, 0.15) is 43.0 Å². The van der Waals surface area contributed by atoms with Crippen molar-refractivity contribution in [1.82, 2.24) is 20.1 Å². The van der Waals surface area contributed by atoms with Gasteiger partial charge in [0.25, 0.3) is 5.89 Å². The Morgan fingerprint density at radius 3 is 2.18 bits per heavy atom. The van der Waals surface area contributed by atoms with Gasteiger partial charge in [-0.05, 0) is 56.8 Å². The molecule has 0 spiro atoms. The maximum Gasteiger partial charge on any atom is 0.257 e. The predicted octanol–water partition coefficient (Wildman–Crippen LogP) is 5.36. The van der Waals surface area contributed by atoms with Crippen LogP contribution in [0.15, 0.2) is 46.9 Å². The summed E-state index contributed by atoms with van der Waals surface area (Å²) in [7, 11) is 6.69. The highest BCUT2D eigenvalue weighted by atomic mass is 19.1. The summed E-state index contributed by atoms with van der Waals surface area (Å²) >= 11 is 0. The average Bonchev–Trinajstić information content (AvgIpc) is 3.36. The van der Waals surface area contributed by atoms with E-state index >= 15 is 0 Å². The number of aromatic hydroxyl groups is 2. The SMILES string of the molecule is CCCCc1nc(O)c(-c2nnc(C(c3ccc(F)cc3)N(C)C)o2)c(O)c1-c1c(OC)cccc1OC. The van der Waals surface area contributed by atoms with Gasteiger partial charge in [-0.25, -0.2) is 9.37 Å². The number of aryl methyl sites for hydroxylation is 1. The van der Waals surface area contributed by atoms with E-state index in [4.69, 9.17) is 13.9 Å². The molecule has 1 unspecified atom stereocenters. The van der Waals surface area contributed by atoms with E-state index in [1.807, 2.05) is 25.9 Å². The van der Waals surface area contributed by atoms with Crippen molar-refractivity contribution in [3.05, 3.63) is 65.4 Å². The average molecular weight is 523 g/mol. The standard InChI is InChI=1S/C28H31FN4O5/c1-6-7-9-18-21(22-19(36-4)10-8-11-20(22)37-5)25(34)23(26(35)30-18)27-31-32-28(38-27)24(33(2)3)16-12-14-17(29)15-13-16/h8,10-15,24H,6-7,9H2,1-5H3,(H2,30,34,35). The fraction of sp³-hybridized carbons (Fsp3) is 0.321. The van der Waals surface area contributed by atoms with Gasteiger partial charge in [-0.2, -0.15) is 0 Å². The van der Waals surface area contributed by atoms with Gasteiger partial charge in [0.15, 0.2) is 0 Å². The van der Waals surface area contributed by atoms with Crippen molar-refractivity contribution in [3.8, 4) is 45.7 Å². The molecule has 0 amide bonds. The van der Waals surface area contributed by atoms with Gasteiger partial charge in [0.1, 0.15) is 34.7 Å². The van der Waals surface area contributed by atoms with Crippen LogP contribution in [0, 0.1) is 5.82 Å². The lowest BCUT2D eigenvalue weighted by Crippen LogP contribution is -2.21. The number of halogens is 1. The third kappa shape index (κ3) is 5.12. The summed E-state index contributed by atoms with van der Waals surface area (Å²) in [4.78, 5) is 6.27. The minimum Gasteiger partial charge on any atom is -0.506 e. The first-order valence-electron chi connectivity index (χ1n) is 12.2. The fourth-order valence-corrected chi connectivity index (χ4v) is 4.44. The number of nitrogens with zero attached hydrogens (tertiary/aromatic N) is 4. The van der Waals surface area contributed by atoms with E-state index in [0.29, 0.717) is 34.7 Å². The summed E-state index contributed by atoms with van der Waals surface area (Å²) in [6.07, 6.45) is 2.16. The van der Waals surface area contributed by atoms with Crippen molar-refractivity contribution in [3.63, 3.8) is 0 Å². The molecule has 0 bridgehead atoms. The summed E-state index contributed by atoms with van der Waals surface area (Å²) in [5, 5.41) is 30.9. The number of unbranched alkanes of at least 4 members (excludes halogenated alkanes) is 1. The Hall–Kier alpha value is -4.18. The number of aromatic nitrogens is 3. The molecule has 200 valence electrons. The first kappa shape index (κ1) is 26.9. The van der Waals surface area contributed by atoms with E-state index in [1.54, 1.807) is 30.3 Å². The summed E-state index contributed by atoms with van der Waals surface area (Å²) in [5.74, 6) is -0.0807. The highest BCUT2D eigenvalue weighted by Crippen LogP contribution is 2.49. The van der Waals surface area contributed by atoms with Crippen molar-refractivity contribution >= 4 is 0 Å². The Morgan fingerprint density at radius 2 is 1.61 bits per heavy atom. The molecule has 38 heavy (non-hydrogen) atoms. The topological polar surface area (TPSA) is 114 Å². The number of methoxy groups -OCH3 is 2. The molecule has 0 aliphatic heterocycles. The van der Waals surface area contributed by atoms with Gasteiger partial charge in [-0.1, -0.05) is 31.5 Å². The monoisotopic (exact) mass is 522 g/mol. The number of hydrogen-bond donors (Lipinski definition) is 2. The second-order valence-corrected chi connectivity index (χ2v) is 8.98. The molecule has 0 radical (unpaired) electrons. The molecule has 2 N–H and O–H groups in total. The van der Waals surface area contributed by atoms with Gasteiger partial charge in [-0.15, -0.1) is 10.2 Å². The molecule has 0 aliphatic carbocycles. The first-order valence-corrected chi connectivity index (χ1v) is 12.2. The molecule has 4 rings (SSSR count). The van der Waals surface area contributed by atoms with Crippen LogP contribution in [0.3, 0.4) is 0 Å². The second kappa shape index (κ2) is 11.5. The smallest absolute Gasteiger partial charge is 0.257 e. The summed E-state index contributed by atoms with van der Waals surface area (Å²) in [6.45, 7) is 2.04. The summed E-state index contributed by atoms with van der Waals surface area (Å²) < 4.78 is 30.7. The molecule has 0 fully saturated rings. The van der Waals surface area contributed by atoms with Crippen LogP contribution in [0.25, 0.3) is 22.6 Å². The zero-order valence-corrected chi connectivity index (χ0v) is 22.0. The van der Waals surface area contributed by atoms with Gasteiger partial charge >= 0.3 is 0 Å². The molecule has 0 saturated carbocycles. The third-order valence-electron chi connectivity index (χ3n) is 6.26. The number of pyridine rings is 1. The molecule has 10 heteroatoms. The molecule has 9 nitrogen and oxygen atoms in total. The Balaban J connectivity index is 1.90. The Labute approximate surface area is 220 Å². The van der Waals surface area contributed by atoms with Crippen molar-refractivity contribution in [2.24, 2.45) is 0 Å². The van der Waals surface area contributed by atoms with Crippen LogP contribution >= 0.6 is 0 Å². The van der Waals surface area contributed by atoms with Crippen LogP contribution in [0.4, 0.5) is 4.39 Å². The van der Waals surface area contributed by atoms with Gasteiger partial charge in [0.05, 0.1) is 31.0 Å². The quantitative estimate of drug-likeness (QED) is 0.284. The number of hydrogen-bond acceptors (Lipinski definition) is 9. The van der Waals surface area contributed by atoms with Crippen molar-refractivity contribution in [2.75, 3.05) is 28.3 Å². The number of ether oxygens (including phenoxy) is 2. The highest BCUT2D eigenvalue weighted by molar-refractivity contribution is 5.88. The molecular weight excluding hydrogens is 491 g/mol. The highest BCUT2D eigenvalue weighted by Gasteiger charge is 2.30. The van der Waals surface area contributed by atoms with Crippen LogP contribution in [-0.4, -0.2) is 58.6 Å². The Bertz CT molecular complexity index is 1380. The van der Waals surface area contributed by atoms with Gasteiger partial charge in [0, 0.05) is 0 Å². The molecule has 4 aromatic rings. The Kier molecular flexibility index (Phi) is 8.11. The predicted molar refractivity (Wildman–Crippen MR) is 140 cm³/mol. The molecule has 2 heterocycles. The maximum atomic E-state index is 13.5. The normalized spacial score (nSPS) is 12.1. The minimum atomic E-state index is -0.494. The van der Waals surface area contributed by atoms with Crippen molar-refractivity contribution < 1.29 is 28.5 Å². The van der Waals surface area contributed by atoms with Gasteiger partial charge in [-0.3, -0.25) is 4.90 Å². The summed E-state index contributed by atoms with van der Waals surface area (Å²) in [5.41, 5.74) is 1.94. The third-order valence-corrected chi connectivity index (χ3v) is 6.26. The zero-order chi connectivity index (χ0) is 27.4. The number of benzene rings is 2. The maximum absolute atomic E-state index is 13.5. The van der Waals surface area contributed by atoms with E-state index in [2.05, 4.69) is 15.2 Å². The lowest BCUT2D eigenvalue weighted by molar-refractivity contribution is 0.289. The lowest BCUT2D eigenvalue weighted by Gasteiger charge is -2.21. The minimum absolute atomic E-state index is 0.108. The van der Waals surface area contributed by atoms with E-state index in [0.717, 1.165) is 18.4 Å². The second-order valence-electron chi connectivity index (χ2n) is 8.98. The van der Waals surface area contributed by atoms with Crippen LogP contribution in [0.2, 0.25) is 0 Å².